The van der Waals surface area contributed by atoms with Gasteiger partial charge in [-0.3, -0.25) is 0 Å². The van der Waals surface area contributed by atoms with Gasteiger partial charge in [0.1, 0.15) is 11.5 Å². The molecule has 1 aliphatic carbocycles. The highest BCUT2D eigenvalue weighted by Gasteiger charge is 2.34. The Bertz CT molecular complexity index is 641. The van der Waals surface area contributed by atoms with Crippen LogP contribution in [0.15, 0.2) is 35.9 Å². The molecular formula is C21H30O5. The van der Waals surface area contributed by atoms with Crippen LogP contribution in [0, 0.1) is 5.92 Å². The third-order valence-corrected chi connectivity index (χ3v) is 5.20. The second kappa shape index (κ2) is 9.21. The number of hydrogen-bond donors (Lipinski definition) is 5. The largest absolute Gasteiger partial charge is 0.507 e. The monoisotopic (exact) mass is 362 g/mol. The Kier molecular flexibility index (Phi) is 7.26. The van der Waals surface area contributed by atoms with Crippen molar-refractivity contribution < 1.29 is 25.5 Å². The maximum atomic E-state index is 10.6. The van der Waals surface area contributed by atoms with Crippen molar-refractivity contribution in [3.05, 3.63) is 47.1 Å². The van der Waals surface area contributed by atoms with E-state index in [4.69, 9.17) is 5.11 Å². The summed E-state index contributed by atoms with van der Waals surface area (Å²) in [6, 6.07) is 3.34. The van der Waals surface area contributed by atoms with Gasteiger partial charge in [-0.25, -0.2) is 0 Å². The number of phenols is 2. The molecule has 5 N–H and O–H groups in total. The number of aromatic hydroxyl groups is 2. The Morgan fingerprint density at radius 2 is 1.77 bits per heavy atom. The van der Waals surface area contributed by atoms with Gasteiger partial charge in [0.2, 0.25) is 0 Å². The average molecular weight is 362 g/mol. The molecule has 0 saturated carbocycles. The van der Waals surface area contributed by atoms with Crippen molar-refractivity contribution >= 4 is 0 Å². The second-order valence-corrected chi connectivity index (χ2v) is 7.21. The highest BCUT2D eigenvalue weighted by molar-refractivity contribution is 5.52. The summed E-state index contributed by atoms with van der Waals surface area (Å²) in [6.07, 6.45) is 4.62. The van der Waals surface area contributed by atoms with E-state index >= 15 is 0 Å². The van der Waals surface area contributed by atoms with Crippen LogP contribution in [0.1, 0.15) is 49.7 Å². The number of hydrogen-bond acceptors (Lipinski definition) is 5. The molecule has 0 bridgehead atoms. The van der Waals surface area contributed by atoms with E-state index in [2.05, 4.69) is 6.58 Å². The third kappa shape index (κ3) is 4.67. The van der Waals surface area contributed by atoms with Gasteiger partial charge in [0.25, 0.3) is 0 Å². The first-order chi connectivity index (χ1) is 12.4. The molecule has 0 radical (unpaired) electrons. The molecule has 0 heterocycles. The maximum absolute atomic E-state index is 10.6. The predicted octanol–water partition coefficient (Wildman–Crippen LogP) is 2.76. The highest BCUT2D eigenvalue weighted by atomic mass is 16.3. The summed E-state index contributed by atoms with van der Waals surface area (Å²) in [5.41, 5.74) is 2.61. The molecule has 1 aromatic rings. The minimum Gasteiger partial charge on any atom is -0.507 e. The fourth-order valence-corrected chi connectivity index (χ4v) is 3.73. The second-order valence-electron chi connectivity index (χ2n) is 7.21. The normalized spacial score (nSPS) is 22.9. The number of aliphatic hydroxyl groups excluding tert-OH is 3. The number of unbranched alkanes of at least 4 members (excludes halogenated alkanes) is 2. The molecule has 0 amide bonds. The molecule has 2 rings (SSSR count). The Morgan fingerprint density at radius 1 is 1.12 bits per heavy atom. The summed E-state index contributed by atoms with van der Waals surface area (Å²) in [7, 11) is 0. The summed E-state index contributed by atoms with van der Waals surface area (Å²) in [6.45, 7) is 5.77. The van der Waals surface area contributed by atoms with Crippen LogP contribution in [0.5, 0.6) is 11.5 Å². The Labute approximate surface area is 154 Å². The number of benzene rings is 1. The summed E-state index contributed by atoms with van der Waals surface area (Å²) in [4.78, 5) is 0. The molecule has 5 nitrogen and oxygen atoms in total. The van der Waals surface area contributed by atoms with Crippen molar-refractivity contribution in [3.63, 3.8) is 0 Å². The highest BCUT2D eigenvalue weighted by Crippen LogP contribution is 2.46. The van der Waals surface area contributed by atoms with Crippen molar-refractivity contribution in [2.45, 2.75) is 51.0 Å². The summed E-state index contributed by atoms with van der Waals surface area (Å²) in [5.74, 6) is -0.444. The van der Waals surface area contributed by atoms with Gasteiger partial charge in [0, 0.05) is 18.1 Å². The molecule has 1 unspecified atom stereocenters. The lowest BCUT2D eigenvalue weighted by atomic mass is 9.72. The van der Waals surface area contributed by atoms with Crippen LogP contribution < -0.4 is 0 Å². The number of aryl methyl sites for hydroxylation is 1. The van der Waals surface area contributed by atoms with Crippen LogP contribution >= 0.6 is 0 Å². The Morgan fingerprint density at radius 3 is 2.31 bits per heavy atom. The first kappa shape index (κ1) is 20.5. The molecular weight excluding hydrogens is 332 g/mol. The van der Waals surface area contributed by atoms with Crippen LogP contribution in [0.2, 0.25) is 0 Å². The van der Waals surface area contributed by atoms with Gasteiger partial charge in [-0.05, 0) is 61.8 Å². The van der Waals surface area contributed by atoms with E-state index in [1.54, 1.807) is 18.2 Å². The van der Waals surface area contributed by atoms with Crippen molar-refractivity contribution in [2.75, 3.05) is 13.2 Å². The fourth-order valence-electron chi connectivity index (χ4n) is 3.73. The third-order valence-electron chi connectivity index (χ3n) is 5.20. The topological polar surface area (TPSA) is 101 Å². The lowest BCUT2D eigenvalue weighted by Gasteiger charge is -2.34. The smallest absolute Gasteiger partial charge is 0.123 e. The van der Waals surface area contributed by atoms with E-state index in [0.29, 0.717) is 24.0 Å². The molecule has 3 atom stereocenters. The van der Waals surface area contributed by atoms with Crippen molar-refractivity contribution in [1.29, 1.82) is 0 Å². The van der Waals surface area contributed by atoms with Gasteiger partial charge in [0.05, 0.1) is 12.7 Å². The van der Waals surface area contributed by atoms with Crippen LogP contribution in [0.25, 0.3) is 0 Å². The quantitative estimate of drug-likeness (QED) is 0.362. The molecule has 5 heteroatoms. The van der Waals surface area contributed by atoms with Crippen molar-refractivity contribution in [1.82, 2.24) is 0 Å². The molecule has 0 saturated heterocycles. The van der Waals surface area contributed by atoms with E-state index in [1.807, 2.05) is 6.92 Å². The zero-order valence-corrected chi connectivity index (χ0v) is 15.4. The number of rotatable bonds is 8. The first-order valence-electron chi connectivity index (χ1n) is 9.19. The summed E-state index contributed by atoms with van der Waals surface area (Å²) in [5, 5.41) is 49.6. The van der Waals surface area contributed by atoms with Gasteiger partial charge >= 0.3 is 0 Å². The number of allylic oxidation sites excluding steroid dienone is 2. The minimum atomic E-state index is -0.743. The summed E-state index contributed by atoms with van der Waals surface area (Å²) >= 11 is 0. The predicted molar refractivity (Wildman–Crippen MR) is 101 cm³/mol. The first-order valence-corrected chi connectivity index (χ1v) is 9.19. The molecule has 1 aliphatic rings. The van der Waals surface area contributed by atoms with E-state index in [-0.39, 0.29) is 36.5 Å². The SMILES string of the molecule is C=C(C)[C@@H]1CC(O)C(CO)=C[C@H]1c1c(O)cc(CCCCCO)cc1O. The molecule has 0 fully saturated rings. The van der Waals surface area contributed by atoms with Crippen molar-refractivity contribution in [2.24, 2.45) is 5.92 Å². The van der Waals surface area contributed by atoms with Gasteiger partial charge in [-0.2, -0.15) is 0 Å². The van der Waals surface area contributed by atoms with Gasteiger partial charge in [-0.15, -0.1) is 0 Å². The lowest BCUT2D eigenvalue weighted by Crippen LogP contribution is -2.28. The maximum Gasteiger partial charge on any atom is 0.123 e. The van der Waals surface area contributed by atoms with E-state index in [0.717, 1.165) is 30.4 Å². The van der Waals surface area contributed by atoms with Crippen LogP contribution in [0.4, 0.5) is 0 Å². The molecule has 26 heavy (non-hydrogen) atoms. The van der Waals surface area contributed by atoms with Gasteiger partial charge < -0.3 is 25.5 Å². The van der Waals surface area contributed by atoms with Crippen LogP contribution in [-0.2, 0) is 6.42 Å². The van der Waals surface area contributed by atoms with E-state index in [1.165, 1.54) is 0 Å². The fraction of sp³-hybridized carbons (Fsp3) is 0.524. The van der Waals surface area contributed by atoms with Crippen LogP contribution in [-0.4, -0.2) is 44.9 Å². The van der Waals surface area contributed by atoms with Gasteiger partial charge in [0.15, 0.2) is 0 Å². The summed E-state index contributed by atoms with van der Waals surface area (Å²) < 4.78 is 0. The van der Waals surface area contributed by atoms with Crippen LogP contribution in [0.3, 0.4) is 0 Å². The standard InChI is InChI=1S/C21H30O5/c1-13(2)16-11-18(24)15(12-23)10-17(16)21-19(25)8-14(9-20(21)26)6-4-3-5-7-22/h8-10,16-18,22-26H,1,3-7,11-12H2,2H3/t16-,17+,18?/m0/s1. The molecule has 0 spiro atoms. The minimum absolute atomic E-state index is 0.0170. The van der Waals surface area contributed by atoms with Gasteiger partial charge in [-0.1, -0.05) is 24.6 Å². The molecule has 0 aromatic heterocycles. The molecule has 144 valence electrons. The van der Waals surface area contributed by atoms with Crippen molar-refractivity contribution in [3.8, 4) is 11.5 Å². The zero-order chi connectivity index (χ0) is 19.3. The number of phenolic OH excluding ortho intramolecular Hbond substituents is 2. The Hall–Kier alpha value is -1.82. The number of aliphatic hydroxyl groups is 3. The lowest BCUT2D eigenvalue weighted by molar-refractivity contribution is 0.149. The Balaban J connectivity index is 2.33. The average Bonchev–Trinajstić information content (AvgIpc) is 2.58. The molecule has 1 aromatic carbocycles. The molecule has 0 aliphatic heterocycles. The van der Waals surface area contributed by atoms with E-state index in [9.17, 15) is 20.4 Å². The zero-order valence-electron chi connectivity index (χ0n) is 15.4. The van der Waals surface area contributed by atoms with E-state index < -0.39 is 6.10 Å².